The van der Waals surface area contributed by atoms with E-state index < -0.39 is 0 Å². The van der Waals surface area contributed by atoms with Crippen LogP contribution in [0.2, 0.25) is 0 Å². The molecule has 0 N–H and O–H groups in total. The Morgan fingerprint density at radius 3 is 2.65 bits per heavy atom. The summed E-state index contributed by atoms with van der Waals surface area (Å²) < 4.78 is 1.96. The first-order valence-corrected chi connectivity index (χ1v) is 9.05. The topological polar surface area (TPSA) is 54.3 Å². The Labute approximate surface area is 140 Å². The standard InChI is InChI=1S/C16H23N5OS/c1-3-19(4-2)14(22)13-8-7-11-21(12-13)16-18-17-15(23-16)20-9-5-6-10-20/h5-6,9-10,13H,3-4,7-8,11-12H2,1-2H3/t13-/m1/s1. The van der Waals surface area contributed by atoms with Crippen LogP contribution in [0.3, 0.4) is 0 Å². The lowest BCUT2D eigenvalue weighted by molar-refractivity contribution is -0.135. The van der Waals surface area contributed by atoms with Gasteiger partial charge in [-0.2, -0.15) is 0 Å². The number of amides is 1. The molecule has 6 nitrogen and oxygen atoms in total. The molecule has 1 atom stereocenters. The molecule has 1 fully saturated rings. The maximum Gasteiger partial charge on any atom is 0.227 e. The fraction of sp³-hybridized carbons (Fsp3) is 0.562. The highest BCUT2D eigenvalue weighted by Crippen LogP contribution is 2.28. The van der Waals surface area contributed by atoms with E-state index >= 15 is 0 Å². The molecule has 0 unspecified atom stereocenters. The molecule has 1 aliphatic heterocycles. The predicted octanol–water partition coefficient (Wildman–Crippen LogP) is 2.41. The van der Waals surface area contributed by atoms with Crippen molar-refractivity contribution in [2.24, 2.45) is 5.92 Å². The third-order valence-corrected chi connectivity index (χ3v) is 5.34. The van der Waals surface area contributed by atoms with Gasteiger partial charge in [0.15, 0.2) is 0 Å². The van der Waals surface area contributed by atoms with Crippen molar-refractivity contribution in [3.8, 4) is 5.13 Å². The Kier molecular flexibility index (Phi) is 4.95. The third kappa shape index (κ3) is 3.39. The number of rotatable bonds is 5. The Balaban J connectivity index is 1.70. The van der Waals surface area contributed by atoms with Crippen molar-refractivity contribution in [1.82, 2.24) is 19.7 Å². The molecule has 0 bridgehead atoms. The molecular weight excluding hydrogens is 310 g/mol. The summed E-state index contributed by atoms with van der Waals surface area (Å²) in [5.41, 5.74) is 0. The third-order valence-electron chi connectivity index (χ3n) is 4.35. The lowest BCUT2D eigenvalue weighted by Crippen LogP contribution is -2.44. The zero-order valence-corrected chi connectivity index (χ0v) is 14.5. The van der Waals surface area contributed by atoms with Crippen LogP contribution in [0.25, 0.3) is 5.13 Å². The zero-order chi connectivity index (χ0) is 16.2. The van der Waals surface area contributed by atoms with Gasteiger partial charge in [-0.1, -0.05) is 11.3 Å². The maximum absolute atomic E-state index is 12.6. The predicted molar refractivity (Wildman–Crippen MR) is 92.1 cm³/mol. The Morgan fingerprint density at radius 1 is 1.26 bits per heavy atom. The molecule has 1 amide bonds. The van der Waals surface area contributed by atoms with Crippen molar-refractivity contribution in [1.29, 1.82) is 0 Å². The van der Waals surface area contributed by atoms with Gasteiger partial charge in [-0.15, -0.1) is 10.2 Å². The number of hydrogen-bond acceptors (Lipinski definition) is 5. The van der Waals surface area contributed by atoms with Crippen LogP contribution in [0.4, 0.5) is 5.13 Å². The van der Waals surface area contributed by atoms with Gasteiger partial charge in [-0.3, -0.25) is 9.36 Å². The van der Waals surface area contributed by atoms with Gasteiger partial charge < -0.3 is 9.80 Å². The van der Waals surface area contributed by atoms with Crippen LogP contribution in [0.15, 0.2) is 24.5 Å². The minimum absolute atomic E-state index is 0.0718. The van der Waals surface area contributed by atoms with Crippen LogP contribution < -0.4 is 4.90 Å². The molecule has 1 saturated heterocycles. The van der Waals surface area contributed by atoms with Gasteiger partial charge in [0.2, 0.25) is 16.2 Å². The fourth-order valence-corrected chi connectivity index (χ4v) is 3.90. The first-order valence-electron chi connectivity index (χ1n) is 8.23. The number of carbonyl (C=O) groups excluding carboxylic acids is 1. The van der Waals surface area contributed by atoms with Crippen molar-refractivity contribution >= 4 is 22.4 Å². The Bertz CT molecular complexity index is 635. The summed E-state index contributed by atoms with van der Waals surface area (Å²) in [6, 6.07) is 3.95. The first kappa shape index (κ1) is 16.0. The normalized spacial score (nSPS) is 18.2. The van der Waals surface area contributed by atoms with E-state index in [1.165, 1.54) is 0 Å². The fourth-order valence-electron chi connectivity index (χ4n) is 3.05. The van der Waals surface area contributed by atoms with Gasteiger partial charge in [0.1, 0.15) is 0 Å². The summed E-state index contributed by atoms with van der Waals surface area (Å²) in [6.45, 7) is 7.33. The molecule has 7 heteroatoms. The molecule has 0 saturated carbocycles. The Morgan fingerprint density at radius 2 is 1.96 bits per heavy atom. The number of aromatic nitrogens is 3. The SMILES string of the molecule is CCN(CC)C(=O)[C@@H]1CCCN(c2nnc(-n3cccc3)s2)C1. The van der Waals surface area contributed by atoms with E-state index in [-0.39, 0.29) is 11.8 Å². The van der Waals surface area contributed by atoms with E-state index in [0.29, 0.717) is 0 Å². The van der Waals surface area contributed by atoms with Gasteiger partial charge in [0.05, 0.1) is 5.92 Å². The van der Waals surface area contributed by atoms with E-state index in [1.54, 1.807) is 11.3 Å². The lowest BCUT2D eigenvalue weighted by atomic mass is 9.97. The Hall–Kier alpha value is -1.89. The van der Waals surface area contributed by atoms with Gasteiger partial charge in [0.25, 0.3) is 0 Å². The van der Waals surface area contributed by atoms with Crippen LogP contribution >= 0.6 is 11.3 Å². The second-order valence-corrected chi connectivity index (χ2v) is 6.69. The largest absolute Gasteiger partial charge is 0.346 e. The first-order chi connectivity index (χ1) is 11.2. The van der Waals surface area contributed by atoms with Gasteiger partial charge in [0, 0.05) is 38.6 Å². The highest BCUT2D eigenvalue weighted by molar-refractivity contribution is 7.17. The number of carbonyl (C=O) groups is 1. The highest BCUT2D eigenvalue weighted by Gasteiger charge is 2.29. The van der Waals surface area contributed by atoms with Crippen LogP contribution in [0.1, 0.15) is 26.7 Å². The minimum atomic E-state index is 0.0718. The summed E-state index contributed by atoms with van der Waals surface area (Å²) in [5, 5.41) is 10.4. The smallest absolute Gasteiger partial charge is 0.227 e. The van der Waals surface area contributed by atoms with E-state index in [2.05, 4.69) is 15.1 Å². The number of nitrogens with zero attached hydrogens (tertiary/aromatic N) is 5. The monoisotopic (exact) mass is 333 g/mol. The van der Waals surface area contributed by atoms with E-state index in [9.17, 15) is 4.79 Å². The summed E-state index contributed by atoms with van der Waals surface area (Å²) >= 11 is 1.57. The van der Waals surface area contributed by atoms with Crippen molar-refractivity contribution < 1.29 is 4.79 Å². The maximum atomic E-state index is 12.6. The molecule has 3 rings (SSSR count). The van der Waals surface area contributed by atoms with Gasteiger partial charge >= 0.3 is 0 Å². The van der Waals surface area contributed by atoms with Crippen molar-refractivity contribution in [3.63, 3.8) is 0 Å². The summed E-state index contributed by atoms with van der Waals surface area (Å²) in [7, 11) is 0. The van der Waals surface area contributed by atoms with Crippen LogP contribution in [-0.2, 0) is 4.79 Å². The molecule has 2 aromatic rings. The second kappa shape index (κ2) is 7.12. The van der Waals surface area contributed by atoms with Crippen LogP contribution in [0, 0.1) is 5.92 Å². The van der Waals surface area contributed by atoms with E-state index in [1.807, 2.05) is 47.8 Å². The van der Waals surface area contributed by atoms with Crippen LogP contribution in [-0.4, -0.2) is 51.8 Å². The molecule has 2 aromatic heterocycles. The van der Waals surface area contributed by atoms with Gasteiger partial charge in [-0.05, 0) is 38.8 Å². The van der Waals surface area contributed by atoms with E-state index in [4.69, 9.17) is 0 Å². The van der Waals surface area contributed by atoms with Crippen LogP contribution in [0.5, 0.6) is 0 Å². The average molecular weight is 333 g/mol. The molecule has 0 spiro atoms. The summed E-state index contributed by atoms with van der Waals surface area (Å²) in [5.74, 6) is 0.345. The molecule has 1 aliphatic rings. The molecule has 0 aliphatic carbocycles. The number of hydrogen-bond donors (Lipinski definition) is 0. The molecular formula is C16H23N5OS. The quantitative estimate of drug-likeness (QED) is 0.843. The second-order valence-electron chi connectivity index (χ2n) is 5.75. The molecule has 0 radical (unpaired) electrons. The lowest BCUT2D eigenvalue weighted by Gasteiger charge is -2.34. The minimum Gasteiger partial charge on any atom is -0.346 e. The molecule has 124 valence electrons. The zero-order valence-electron chi connectivity index (χ0n) is 13.7. The number of anilines is 1. The molecule has 0 aromatic carbocycles. The van der Waals surface area contributed by atoms with Crippen molar-refractivity contribution in [2.75, 3.05) is 31.1 Å². The van der Waals surface area contributed by atoms with E-state index in [0.717, 1.165) is 49.3 Å². The number of piperidine rings is 1. The summed E-state index contributed by atoms with van der Waals surface area (Å²) in [4.78, 5) is 16.7. The average Bonchev–Trinajstić information content (AvgIpc) is 3.27. The van der Waals surface area contributed by atoms with Crippen molar-refractivity contribution in [2.45, 2.75) is 26.7 Å². The van der Waals surface area contributed by atoms with Crippen molar-refractivity contribution in [3.05, 3.63) is 24.5 Å². The molecule has 3 heterocycles. The highest BCUT2D eigenvalue weighted by atomic mass is 32.1. The molecule has 23 heavy (non-hydrogen) atoms. The summed E-state index contributed by atoms with van der Waals surface area (Å²) in [6.07, 6.45) is 5.92. The van der Waals surface area contributed by atoms with Gasteiger partial charge in [-0.25, -0.2) is 0 Å².